The van der Waals surface area contributed by atoms with Crippen molar-refractivity contribution in [2.45, 2.75) is 24.9 Å². The van der Waals surface area contributed by atoms with Crippen LogP contribution < -0.4 is 16.8 Å². The number of amides is 2. The summed E-state index contributed by atoms with van der Waals surface area (Å²) in [5, 5.41) is 2.40. The van der Waals surface area contributed by atoms with Crippen LogP contribution in [0.5, 0.6) is 0 Å². The fourth-order valence-electron chi connectivity index (χ4n) is 0.984. The number of nitrogens with one attached hydrogen (secondary N) is 1. The number of carbonyl (C=O) groups is 2. The van der Waals surface area contributed by atoms with Crippen LogP contribution in [0.15, 0.2) is 0 Å². The Morgan fingerprint density at radius 1 is 1.50 bits per heavy atom. The van der Waals surface area contributed by atoms with Crippen molar-refractivity contribution in [1.82, 2.24) is 5.32 Å². The Labute approximate surface area is 98.5 Å². The van der Waals surface area contributed by atoms with Gasteiger partial charge in [-0.15, -0.1) is 0 Å². The second-order valence-corrected chi connectivity index (χ2v) is 4.22. The summed E-state index contributed by atoms with van der Waals surface area (Å²) in [7, 11) is 0. The van der Waals surface area contributed by atoms with E-state index in [1.807, 2.05) is 6.26 Å². The summed E-state index contributed by atoms with van der Waals surface area (Å²) >= 11 is 1.56. The summed E-state index contributed by atoms with van der Waals surface area (Å²) in [5.41, 5.74) is 10.3. The van der Waals surface area contributed by atoms with Crippen LogP contribution in [0.2, 0.25) is 0 Å². The molecule has 0 bridgehead atoms. The first-order valence-electron chi connectivity index (χ1n) is 4.72. The van der Waals surface area contributed by atoms with Gasteiger partial charge in [0.2, 0.25) is 18.1 Å². The molecule has 91 valence electrons. The first kappa shape index (κ1) is 14.9. The summed E-state index contributed by atoms with van der Waals surface area (Å²) in [5.74, 6) is -0.489. The van der Waals surface area contributed by atoms with Gasteiger partial charge in [0, 0.05) is 0 Å². The predicted molar refractivity (Wildman–Crippen MR) is 62.4 cm³/mol. The van der Waals surface area contributed by atoms with Crippen molar-refractivity contribution < 1.29 is 14.4 Å². The zero-order chi connectivity index (χ0) is 12.6. The van der Waals surface area contributed by atoms with Crippen molar-refractivity contribution in [2.24, 2.45) is 11.5 Å². The number of rotatable bonds is 8. The molecule has 0 aromatic rings. The van der Waals surface area contributed by atoms with Crippen molar-refractivity contribution in [2.75, 3.05) is 12.0 Å². The molecule has 0 aliphatic heterocycles. The van der Waals surface area contributed by atoms with Crippen LogP contribution in [-0.4, -0.2) is 42.2 Å². The third-order valence-electron chi connectivity index (χ3n) is 1.83. The third-order valence-corrected chi connectivity index (χ3v) is 2.47. The van der Waals surface area contributed by atoms with Crippen LogP contribution in [0.3, 0.4) is 0 Å². The number of carbonyl (C=O) groups excluding carboxylic acids is 3. The summed E-state index contributed by atoms with van der Waals surface area (Å²) in [6.07, 6.45) is 3.85. The number of thioether (sulfide) groups is 1. The van der Waals surface area contributed by atoms with E-state index in [9.17, 15) is 14.4 Å². The standard InChI is InChI=1S/C9H16N3O3S/c1-16-3-2-6(5-13)12-9(15)7(10)4-8(11)14/h6-7H,2-4,10H2,1H3,(H2,11,14)(H,12,15). The zero-order valence-electron chi connectivity index (χ0n) is 9.06. The molecule has 6 nitrogen and oxygen atoms in total. The monoisotopic (exact) mass is 246 g/mol. The van der Waals surface area contributed by atoms with Crippen molar-refractivity contribution in [3.63, 3.8) is 0 Å². The molecule has 16 heavy (non-hydrogen) atoms. The lowest BCUT2D eigenvalue weighted by atomic mass is 10.1. The van der Waals surface area contributed by atoms with Crippen LogP contribution in [0, 0.1) is 0 Å². The van der Waals surface area contributed by atoms with Crippen LogP contribution in [0.4, 0.5) is 0 Å². The number of hydrogen-bond acceptors (Lipinski definition) is 5. The predicted octanol–water partition coefficient (Wildman–Crippen LogP) is -1.46. The lowest BCUT2D eigenvalue weighted by Gasteiger charge is -2.14. The molecule has 7 heteroatoms. The molecule has 2 atom stereocenters. The Balaban J connectivity index is 4.08. The van der Waals surface area contributed by atoms with Gasteiger partial charge in [0.15, 0.2) is 0 Å². The lowest BCUT2D eigenvalue weighted by molar-refractivity contribution is -0.126. The highest BCUT2D eigenvalue weighted by molar-refractivity contribution is 7.98. The van der Waals surface area contributed by atoms with Gasteiger partial charge < -0.3 is 16.8 Å². The molecule has 0 saturated heterocycles. The highest BCUT2D eigenvalue weighted by atomic mass is 32.2. The van der Waals surface area contributed by atoms with Gasteiger partial charge in [-0.3, -0.25) is 14.4 Å². The van der Waals surface area contributed by atoms with Gasteiger partial charge in [0.1, 0.15) is 0 Å². The second-order valence-electron chi connectivity index (χ2n) is 3.24. The Hall–Kier alpha value is -1.08. The molecule has 5 N–H and O–H groups in total. The molecule has 0 aliphatic carbocycles. The Morgan fingerprint density at radius 3 is 2.56 bits per heavy atom. The summed E-state index contributed by atoms with van der Waals surface area (Å²) in [4.78, 5) is 32.4. The van der Waals surface area contributed by atoms with Gasteiger partial charge in [-0.05, 0) is 18.4 Å². The smallest absolute Gasteiger partial charge is 0.238 e. The van der Waals surface area contributed by atoms with Crippen LogP contribution in [-0.2, 0) is 14.4 Å². The minimum atomic E-state index is -1.01. The maximum atomic E-state index is 11.4. The quantitative estimate of drug-likeness (QED) is 0.484. The van der Waals surface area contributed by atoms with Gasteiger partial charge in [-0.1, -0.05) is 0 Å². The van der Waals surface area contributed by atoms with Crippen molar-refractivity contribution in [3.05, 3.63) is 0 Å². The average Bonchev–Trinajstić information content (AvgIpc) is 2.22. The Morgan fingerprint density at radius 2 is 2.12 bits per heavy atom. The molecule has 2 amide bonds. The average molecular weight is 246 g/mol. The molecular weight excluding hydrogens is 230 g/mol. The SMILES string of the molecule is CSCCC([C]=O)NC(=O)C(N)CC(N)=O. The van der Waals surface area contributed by atoms with E-state index in [4.69, 9.17) is 11.5 Å². The molecular formula is C9H16N3O3S. The molecule has 0 heterocycles. The van der Waals surface area contributed by atoms with Gasteiger partial charge in [0.25, 0.3) is 0 Å². The molecule has 0 spiro atoms. The molecule has 0 aliphatic rings. The zero-order valence-corrected chi connectivity index (χ0v) is 9.88. The van der Waals surface area contributed by atoms with Crippen molar-refractivity contribution >= 4 is 29.9 Å². The van der Waals surface area contributed by atoms with E-state index in [0.717, 1.165) is 5.75 Å². The van der Waals surface area contributed by atoms with Crippen LogP contribution >= 0.6 is 11.8 Å². The van der Waals surface area contributed by atoms with E-state index >= 15 is 0 Å². The minimum absolute atomic E-state index is 0.236. The summed E-state index contributed by atoms with van der Waals surface area (Å²) < 4.78 is 0. The summed E-state index contributed by atoms with van der Waals surface area (Å²) in [6.45, 7) is 0. The van der Waals surface area contributed by atoms with Gasteiger partial charge in [-0.2, -0.15) is 11.8 Å². The topological polar surface area (TPSA) is 115 Å². The molecule has 2 unspecified atom stereocenters. The molecule has 0 aromatic heterocycles. The van der Waals surface area contributed by atoms with Crippen molar-refractivity contribution in [1.29, 1.82) is 0 Å². The number of primary amides is 1. The van der Waals surface area contributed by atoms with Crippen LogP contribution in [0.1, 0.15) is 12.8 Å². The molecule has 1 radical (unpaired) electrons. The van der Waals surface area contributed by atoms with E-state index in [0.29, 0.717) is 6.42 Å². The first-order valence-corrected chi connectivity index (χ1v) is 6.11. The third kappa shape index (κ3) is 6.41. The van der Waals surface area contributed by atoms with E-state index < -0.39 is 23.9 Å². The highest BCUT2D eigenvalue weighted by Gasteiger charge is 2.19. The minimum Gasteiger partial charge on any atom is -0.370 e. The molecule has 0 aromatic carbocycles. The maximum absolute atomic E-state index is 11.4. The van der Waals surface area contributed by atoms with Crippen LogP contribution in [0.25, 0.3) is 0 Å². The first-order chi connectivity index (χ1) is 7.51. The Bertz CT molecular complexity index is 260. The Kier molecular flexibility index (Phi) is 7.57. The molecule has 0 rings (SSSR count). The lowest BCUT2D eigenvalue weighted by Crippen LogP contribution is -2.47. The fraction of sp³-hybridized carbons (Fsp3) is 0.667. The van der Waals surface area contributed by atoms with E-state index in [1.54, 1.807) is 18.0 Å². The molecule has 0 fully saturated rings. The molecule has 0 saturated carbocycles. The van der Waals surface area contributed by atoms with Gasteiger partial charge in [-0.25, -0.2) is 0 Å². The van der Waals surface area contributed by atoms with E-state index in [2.05, 4.69) is 5.32 Å². The van der Waals surface area contributed by atoms with E-state index in [-0.39, 0.29) is 6.42 Å². The van der Waals surface area contributed by atoms with E-state index in [1.165, 1.54) is 0 Å². The normalized spacial score (nSPS) is 13.9. The number of hydrogen-bond donors (Lipinski definition) is 3. The number of nitrogens with two attached hydrogens (primary N) is 2. The fourth-order valence-corrected chi connectivity index (χ4v) is 1.46. The summed E-state index contributed by atoms with van der Waals surface area (Å²) in [6, 6.07) is -1.69. The largest absolute Gasteiger partial charge is 0.370 e. The highest BCUT2D eigenvalue weighted by Crippen LogP contribution is 1.99. The van der Waals surface area contributed by atoms with Gasteiger partial charge in [0.05, 0.1) is 18.5 Å². The van der Waals surface area contributed by atoms with Crippen molar-refractivity contribution in [3.8, 4) is 0 Å². The second kappa shape index (κ2) is 8.12. The maximum Gasteiger partial charge on any atom is 0.238 e. The van der Waals surface area contributed by atoms with Gasteiger partial charge >= 0.3 is 0 Å².